The molecule has 1 atom stereocenters. The van der Waals surface area contributed by atoms with Gasteiger partial charge in [0.1, 0.15) is 24.1 Å². The number of benzene rings is 1. The summed E-state index contributed by atoms with van der Waals surface area (Å²) in [6, 6.07) is 13.2. The molecule has 0 aliphatic rings. The van der Waals surface area contributed by atoms with Crippen molar-refractivity contribution in [1.82, 2.24) is 19.9 Å². The molecule has 3 rings (SSSR count). The minimum Gasteiger partial charge on any atom is -0.481 e. The number of nitrogen functional groups attached to an aromatic ring is 1. The van der Waals surface area contributed by atoms with E-state index in [1.807, 2.05) is 30.3 Å². The van der Waals surface area contributed by atoms with Gasteiger partial charge in [0.05, 0.1) is 0 Å². The maximum absolute atomic E-state index is 12.3. The first-order valence-electron chi connectivity index (χ1n) is 9.28. The number of pyridine rings is 1. The largest absolute Gasteiger partial charge is 0.481 e. The fourth-order valence-electron chi connectivity index (χ4n) is 3.05. The van der Waals surface area contributed by atoms with Crippen LogP contribution in [0.3, 0.4) is 0 Å². The molecular formula is C21H23N5O3. The van der Waals surface area contributed by atoms with Crippen LogP contribution in [-0.2, 0) is 29.0 Å². The van der Waals surface area contributed by atoms with E-state index in [4.69, 9.17) is 5.73 Å². The first kappa shape index (κ1) is 20.1. The zero-order chi connectivity index (χ0) is 20.6. The van der Waals surface area contributed by atoms with Gasteiger partial charge in [0.15, 0.2) is 0 Å². The van der Waals surface area contributed by atoms with Gasteiger partial charge in [-0.15, -0.1) is 0 Å². The first-order valence-corrected chi connectivity index (χ1v) is 9.28. The minimum absolute atomic E-state index is 0.00783. The number of nitrogens with zero attached hydrogens (tertiary/aromatic N) is 3. The summed E-state index contributed by atoms with van der Waals surface area (Å²) in [5, 5.41) is 12.5. The molecule has 0 aliphatic heterocycles. The molecule has 0 aliphatic carbocycles. The number of carbonyl (C=O) groups excluding carboxylic acids is 1. The number of carboxylic acid groups (broad SMARTS) is 1. The normalized spacial score (nSPS) is 11.7. The van der Waals surface area contributed by atoms with Gasteiger partial charge in [-0.1, -0.05) is 36.4 Å². The highest BCUT2D eigenvalue weighted by atomic mass is 16.4. The number of rotatable bonds is 9. The van der Waals surface area contributed by atoms with Crippen LogP contribution in [0.2, 0.25) is 0 Å². The third-order valence-electron chi connectivity index (χ3n) is 4.54. The van der Waals surface area contributed by atoms with Crippen molar-refractivity contribution in [3.05, 3.63) is 78.0 Å². The summed E-state index contributed by atoms with van der Waals surface area (Å²) in [5.41, 5.74) is 7.45. The molecule has 8 nitrogen and oxygen atoms in total. The molecule has 1 amide bonds. The standard InChI is InChI=1S/C21H23N5O3/c22-18-7-6-16(13-25-18)12-17(21(28)29)20-24-10-11-26(20)14-19(27)23-9-8-15-4-2-1-3-5-15/h1-7,10-11,13,17H,8-9,12,14H2,(H2,22,25)(H,23,27)(H,28,29). The molecule has 3 aromatic rings. The lowest BCUT2D eigenvalue weighted by atomic mass is 9.99. The van der Waals surface area contributed by atoms with Crippen LogP contribution in [0.15, 0.2) is 61.1 Å². The monoisotopic (exact) mass is 393 g/mol. The molecule has 2 aromatic heterocycles. The number of aliphatic carboxylic acids is 1. The lowest BCUT2D eigenvalue weighted by molar-refractivity contribution is -0.139. The SMILES string of the molecule is Nc1ccc(CC(C(=O)O)c2nccn2CC(=O)NCCc2ccccc2)cn1. The molecule has 1 unspecified atom stereocenters. The van der Waals surface area contributed by atoms with E-state index >= 15 is 0 Å². The summed E-state index contributed by atoms with van der Waals surface area (Å²) in [6.07, 6.45) is 5.60. The highest BCUT2D eigenvalue weighted by Crippen LogP contribution is 2.20. The third-order valence-corrected chi connectivity index (χ3v) is 4.54. The number of hydrogen-bond donors (Lipinski definition) is 3. The zero-order valence-corrected chi connectivity index (χ0v) is 15.9. The van der Waals surface area contributed by atoms with E-state index in [2.05, 4.69) is 15.3 Å². The lowest BCUT2D eigenvalue weighted by Crippen LogP contribution is -2.30. The molecule has 0 saturated carbocycles. The second-order valence-electron chi connectivity index (χ2n) is 6.69. The maximum atomic E-state index is 12.3. The van der Waals surface area contributed by atoms with E-state index in [9.17, 15) is 14.7 Å². The number of aromatic nitrogens is 3. The van der Waals surface area contributed by atoms with Gasteiger partial charge >= 0.3 is 5.97 Å². The van der Waals surface area contributed by atoms with Crippen LogP contribution in [0, 0.1) is 0 Å². The van der Waals surface area contributed by atoms with E-state index in [1.54, 1.807) is 29.1 Å². The molecule has 0 spiro atoms. The van der Waals surface area contributed by atoms with Gasteiger partial charge in [0.2, 0.25) is 5.91 Å². The Morgan fingerprint density at radius 1 is 1.10 bits per heavy atom. The maximum Gasteiger partial charge on any atom is 0.314 e. The Hall–Kier alpha value is -3.68. The lowest BCUT2D eigenvalue weighted by Gasteiger charge is -2.15. The number of nitrogens with one attached hydrogen (secondary N) is 1. The average Bonchev–Trinajstić information content (AvgIpc) is 3.15. The van der Waals surface area contributed by atoms with Crippen LogP contribution in [0.4, 0.5) is 5.82 Å². The average molecular weight is 393 g/mol. The van der Waals surface area contributed by atoms with Crippen molar-refractivity contribution >= 4 is 17.7 Å². The Bertz CT molecular complexity index is 954. The second kappa shape index (κ2) is 9.50. The van der Waals surface area contributed by atoms with Crippen molar-refractivity contribution in [2.75, 3.05) is 12.3 Å². The molecule has 4 N–H and O–H groups in total. The quantitative estimate of drug-likeness (QED) is 0.508. The zero-order valence-electron chi connectivity index (χ0n) is 15.9. The van der Waals surface area contributed by atoms with Crippen LogP contribution in [0.1, 0.15) is 22.9 Å². The predicted molar refractivity (Wildman–Crippen MR) is 108 cm³/mol. The molecule has 0 bridgehead atoms. The van der Waals surface area contributed by atoms with Crippen LogP contribution >= 0.6 is 0 Å². The van der Waals surface area contributed by atoms with Gasteiger partial charge in [-0.3, -0.25) is 9.59 Å². The summed E-state index contributed by atoms with van der Waals surface area (Å²) in [4.78, 5) is 32.3. The van der Waals surface area contributed by atoms with Crippen molar-refractivity contribution in [2.45, 2.75) is 25.3 Å². The van der Waals surface area contributed by atoms with Crippen LogP contribution < -0.4 is 11.1 Å². The minimum atomic E-state index is -1.02. The summed E-state index contributed by atoms with van der Waals surface area (Å²) in [6.45, 7) is 0.514. The molecule has 29 heavy (non-hydrogen) atoms. The van der Waals surface area contributed by atoms with E-state index in [0.717, 1.165) is 17.5 Å². The Morgan fingerprint density at radius 2 is 1.90 bits per heavy atom. The molecule has 8 heteroatoms. The molecule has 1 aromatic carbocycles. The van der Waals surface area contributed by atoms with Crippen LogP contribution in [0.5, 0.6) is 0 Å². The number of hydrogen-bond acceptors (Lipinski definition) is 5. The van der Waals surface area contributed by atoms with E-state index in [-0.39, 0.29) is 18.9 Å². The van der Waals surface area contributed by atoms with Crippen molar-refractivity contribution in [3.8, 4) is 0 Å². The van der Waals surface area contributed by atoms with Crippen molar-refractivity contribution in [2.24, 2.45) is 0 Å². The Labute approximate surface area is 168 Å². The number of amides is 1. The molecule has 0 saturated heterocycles. The molecule has 0 fully saturated rings. The fourth-order valence-corrected chi connectivity index (χ4v) is 3.05. The molecule has 0 radical (unpaired) electrons. The Kier molecular flexibility index (Phi) is 6.57. The van der Waals surface area contributed by atoms with Gasteiger partial charge < -0.3 is 20.7 Å². The Morgan fingerprint density at radius 3 is 2.59 bits per heavy atom. The highest BCUT2D eigenvalue weighted by Gasteiger charge is 2.25. The van der Waals surface area contributed by atoms with Crippen LogP contribution in [-0.4, -0.2) is 38.1 Å². The van der Waals surface area contributed by atoms with Crippen molar-refractivity contribution in [1.29, 1.82) is 0 Å². The smallest absolute Gasteiger partial charge is 0.314 e. The van der Waals surface area contributed by atoms with Crippen molar-refractivity contribution < 1.29 is 14.7 Å². The second-order valence-corrected chi connectivity index (χ2v) is 6.69. The van der Waals surface area contributed by atoms with Gasteiger partial charge in [0.25, 0.3) is 0 Å². The highest BCUT2D eigenvalue weighted by molar-refractivity contribution is 5.77. The van der Waals surface area contributed by atoms with Gasteiger partial charge in [0, 0.05) is 25.1 Å². The molecular weight excluding hydrogens is 370 g/mol. The number of nitrogens with two attached hydrogens (primary N) is 1. The molecule has 150 valence electrons. The number of carboxylic acids is 1. The summed E-state index contributed by atoms with van der Waals surface area (Å²) in [5.74, 6) is -1.41. The third kappa shape index (κ3) is 5.65. The number of carbonyl (C=O) groups is 2. The number of anilines is 1. The number of imidazole rings is 1. The first-order chi connectivity index (χ1) is 14.0. The van der Waals surface area contributed by atoms with E-state index in [0.29, 0.717) is 18.2 Å². The van der Waals surface area contributed by atoms with E-state index < -0.39 is 11.9 Å². The topological polar surface area (TPSA) is 123 Å². The van der Waals surface area contributed by atoms with Crippen LogP contribution in [0.25, 0.3) is 0 Å². The molecule has 2 heterocycles. The van der Waals surface area contributed by atoms with Gasteiger partial charge in [-0.05, 0) is 30.0 Å². The Balaban J connectivity index is 1.62. The predicted octanol–water partition coefficient (Wildman–Crippen LogP) is 1.63. The summed E-state index contributed by atoms with van der Waals surface area (Å²) >= 11 is 0. The van der Waals surface area contributed by atoms with Gasteiger partial charge in [-0.2, -0.15) is 0 Å². The summed E-state index contributed by atoms with van der Waals surface area (Å²) < 4.78 is 1.57. The van der Waals surface area contributed by atoms with Gasteiger partial charge in [-0.25, -0.2) is 9.97 Å². The van der Waals surface area contributed by atoms with Crippen molar-refractivity contribution in [3.63, 3.8) is 0 Å². The summed E-state index contributed by atoms with van der Waals surface area (Å²) in [7, 11) is 0. The van der Waals surface area contributed by atoms with E-state index in [1.165, 1.54) is 6.20 Å². The fraction of sp³-hybridized carbons (Fsp3) is 0.238.